The maximum Gasteiger partial charge on any atom is 0.221 e. The van der Waals surface area contributed by atoms with E-state index in [2.05, 4.69) is 15.6 Å². The third-order valence-electron chi connectivity index (χ3n) is 6.13. The molecule has 10 heteroatoms. The van der Waals surface area contributed by atoms with Crippen LogP contribution in [0.2, 0.25) is 5.02 Å². The number of rotatable bonds is 6. The maximum atomic E-state index is 13.9. The molecule has 0 aliphatic carbocycles. The summed E-state index contributed by atoms with van der Waals surface area (Å²) in [6.07, 6.45) is 3.63. The fourth-order valence-electron chi connectivity index (χ4n) is 4.57. The minimum absolute atomic E-state index is 0.0328. The second-order valence-electron chi connectivity index (χ2n) is 8.46. The monoisotopic (exact) mass is 535 g/mol. The molecule has 2 unspecified atom stereocenters. The minimum atomic E-state index is -0.487. The van der Waals surface area contributed by atoms with Crippen LogP contribution in [0.15, 0.2) is 79.1 Å². The average molecular weight is 536 g/mol. The van der Waals surface area contributed by atoms with Gasteiger partial charge in [0.1, 0.15) is 17.6 Å². The van der Waals surface area contributed by atoms with E-state index in [1.807, 2.05) is 58.1 Å². The van der Waals surface area contributed by atoms with Gasteiger partial charge in [0.2, 0.25) is 5.91 Å². The van der Waals surface area contributed by atoms with E-state index in [0.29, 0.717) is 22.2 Å². The van der Waals surface area contributed by atoms with Gasteiger partial charge in [-0.25, -0.2) is 4.39 Å². The highest BCUT2D eigenvalue weighted by Gasteiger charge is 2.42. The number of benzene rings is 2. The number of pyridine rings is 1. The second-order valence-corrected chi connectivity index (χ2v) is 9.26. The predicted octanol–water partition coefficient (Wildman–Crippen LogP) is 5.81. The summed E-state index contributed by atoms with van der Waals surface area (Å²) in [6.45, 7) is 1.44. The molecule has 2 N–H and O–H groups in total. The highest BCUT2D eigenvalue weighted by Crippen LogP contribution is 2.44. The van der Waals surface area contributed by atoms with Crippen molar-refractivity contribution in [2.24, 2.45) is 0 Å². The van der Waals surface area contributed by atoms with Gasteiger partial charge in [0, 0.05) is 36.4 Å². The number of methoxy groups -OCH3 is 1. The van der Waals surface area contributed by atoms with Crippen LogP contribution in [0.5, 0.6) is 5.75 Å². The van der Waals surface area contributed by atoms with Crippen molar-refractivity contribution in [3.05, 3.63) is 101 Å². The molecule has 37 heavy (non-hydrogen) atoms. The maximum absolute atomic E-state index is 13.9. The lowest BCUT2D eigenvalue weighted by Gasteiger charge is -2.29. The highest BCUT2D eigenvalue weighted by atomic mass is 35.5. The molecule has 4 aromatic rings. The van der Waals surface area contributed by atoms with Crippen molar-refractivity contribution in [3.8, 4) is 11.4 Å². The molecule has 0 spiro atoms. The van der Waals surface area contributed by atoms with Crippen LogP contribution in [0.1, 0.15) is 30.4 Å². The first-order chi connectivity index (χ1) is 17.9. The topological polar surface area (TPSA) is 71.4 Å². The normalized spacial score (nSPS) is 17.0. The van der Waals surface area contributed by atoms with Gasteiger partial charge < -0.3 is 24.8 Å². The van der Waals surface area contributed by atoms with Gasteiger partial charge in [-0.3, -0.25) is 9.78 Å². The number of carbonyl (C=O) groups is 1. The number of amides is 1. The van der Waals surface area contributed by atoms with Crippen LogP contribution in [0, 0.1) is 5.82 Å². The summed E-state index contributed by atoms with van der Waals surface area (Å²) >= 11 is 11.9. The van der Waals surface area contributed by atoms with Crippen molar-refractivity contribution in [2.75, 3.05) is 17.3 Å². The molecule has 1 amide bonds. The number of aromatic nitrogens is 2. The molecule has 3 heterocycles. The number of halogens is 2. The van der Waals surface area contributed by atoms with Crippen LogP contribution in [0.4, 0.5) is 15.8 Å². The molecule has 1 aliphatic heterocycles. The Morgan fingerprint density at radius 2 is 1.95 bits per heavy atom. The van der Waals surface area contributed by atoms with E-state index in [1.54, 1.807) is 31.5 Å². The molecule has 2 atom stereocenters. The molecule has 7 nitrogen and oxygen atoms in total. The van der Waals surface area contributed by atoms with Crippen molar-refractivity contribution in [3.63, 3.8) is 0 Å². The van der Waals surface area contributed by atoms with Crippen LogP contribution >= 0.6 is 23.8 Å². The van der Waals surface area contributed by atoms with Gasteiger partial charge >= 0.3 is 0 Å². The van der Waals surface area contributed by atoms with Gasteiger partial charge in [0.25, 0.3) is 0 Å². The number of ether oxygens (including phenoxy) is 1. The van der Waals surface area contributed by atoms with Crippen molar-refractivity contribution in [1.82, 2.24) is 14.9 Å². The Balaban J connectivity index is 1.67. The molecule has 5 rings (SSSR count). The molecule has 0 saturated carbocycles. The summed E-state index contributed by atoms with van der Waals surface area (Å²) < 4.78 is 21.3. The highest BCUT2D eigenvalue weighted by molar-refractivity contribution is 7.80. The summed E-state index contributed by atoms with van der Waals surface area (Å²) in [7, 11) is 1.54. The van der Waals surface area contributed by atoms with Gasteiger partial charge in [0.05, 0.1) is 29.6 Å². The summed E-state index contributed by atoms with van der Waals surface area (Å²) in [5.41, 5.74) is 3.66. The van der Waals surface area contributed by atoms with Crippen LogP contribution in [0.25, 0.3) is 5.69 Å². The summed E-state index contributed by atoms with van der Waals surface area (Å²) in [6, 6.07) is 19.1. The van der Waals surface area contributed by atoms with Crippen molar-refractivity contribution < 1.29 is 13.9 Å². The third kappa shape index (κ3) is 4.75. The largest absolute Gasteiger partial charge is 0.495 e. The Morgan fingerprint density at radius 3 is 2.65 bits per heavy atom. The van der Waals surface area contributed by atoms with E-state index in [-0.39, 0.29) is 23.0 Å². The van der Waals surface area contributed by atoms with E-state index in [0.717, 1.165) is 17.1 Å². The molecular weight excluding hydrogens is 513 g/mol. The molecule has 1 saturated heterocycles. The van der Waals surface area contributed by atoms with Crippen molar-refractivity contribution in [2.45, 2.75) is 19.0 Å². The second kappa shape index (κ2) is 10.2. The Bertz CT molecular complexity index is 1480. The lowest BCUT2D eigenvalue weighted by atomic mass is 10.0. The van der Waals surface area contributed by atoms with E-state index in [1.165, 1.54) is 13.0 Å². The van der Waals surface area contributed by atoms with Gasteiger partial charge in [-0.05, 0) is 72.9 Å². The molecule has 0 radical (unpaired) electrons. The number of hydrogen-bond donors (Lipinski definition) is 2. The molecule has 0 bridgehead atoms. The van der Waals surface area contributed by atoms with Gasteiger partial charge in [0.15, 0.2) is 5.11 Å². The van der Waals surface area contributed by atoms with Crippen LogP contribution in [-0.4, -0.2) is 27.7 Å². The number of anilines is 2. The lowest BCUT2D eigenvalue weighted by Crippen LogP contribution is -2.30. The molecule has 188 valence electrons. The third-order valence-corrected chi connectivity index (χ3v) is 6.74. The Morgan fingerprint density at radius 1 is 1.14 bits per heavy atom. The van der Waals surface area contributed by atoms with E-state index in [9.17, 15) is 9.18 Å². The van der Waals surface area contributed by atoms with Crippen LogP contribution in [-0.2, 0) is 4.79 Å². The first kappa shape index (κ1) is 24.7. The Kier molecular flexibility index (Phi) is 6.82. The minimum Gasteiger partial charge on any atom is -0.495 e. The zero-order valence-electron chi connectivity index (χ0n) is 20.0. The number of nitrogens with one attached hydrogen (secondary N) is 2. The van der Waals surface area contributed by atoms with Gasteiger partial charge in [-0.2, -0.15) is 0 Å². The molecular formula is C27H23ClFN5O2S. The SMILES string of the molecule is COc1ccc(N2C(=S)NC(c3ccccn3)C2c2cccn2-c2ccc(F)c(Cl)c2)cc1NC(C)=O. The van der Waals surface area contributed by atoms with E-state index < -0.39 is 5.82 Å². The molecule has 2 aromatic heterocycles. The number of nitrogens with zero attached hydrogens (tertiary/aromatic N) is 3. The fourth-order valence-corrected chi connectivity index (χ4v) is 5.09. The van der Waals surface area contributed by atoms with Gasteiger partial charge in [-0.15, -0.1) is 0 Å². The quantitative estimate of drug-likeness (QED) is 0.304. The summed E-state index contributed by atoms with van der Waals surface area (Å²) in [5.74, 6) is -0.179. The number of carbonyl (C=O) groups excluding carboxylic acids is 1. The van der Waals surface area contributed by atoms with E-state index >= 15 is 0 Å². The predicted molar refractivity (Wildman–Crippen MR) is 146 cm³/mol. The first-order valence-electron chi connectivity index (χ1n) is 11.5. The zero-order valence-corrected chi connectivity index (χ0v) is 21.6. The molecule has 2 aromatic carbocycles. The molecule has 1 aliphatic rings. The first-order valence-corrected chi connectivity index (χ1v) is 12.2. The van der Waals surface area contributed by atoms with Gasteiger partial charge in [-0.1, -0.05) is 17.7 Å². The Hall–Kier alpha value is -3.95. The summed E-state index contributed by atoms with van der Waals surface area (Å²) in [4.78, 5) is 18.4. The number of hydrogen-bond acceptors (Lipinski definition) is 4. The standard InChI is InChI=1S/C27H23ClFN5O2S/c1-16(35)31-22-15-18(9-11-24(22)36-2)34-26(25(32-27(34)37)21-6-3-4-12-30-21)23-7-5-13-33(23)17-8-10-20(29)19(28)14-17/h3-15,25-26H,1-2H3,(H,31,35)(H,32,37). The van der Waals surface area contributed by atoms with Crippen LogP contribution < -0.4 is 20.3 Å². The summed E-state index contributed by atoms with van der Waals surface area (Å²) in [5, 5.41) is 6.77. The zero-order chi connectivity index (χ0) is 26.1. The van der Waals surface area contributed by atoms with Crippen LogP contribution in [0.3, 0.4) is 0 Å². The Labute approximate surface area is 223 Å². The lowest BCUT2D eigenvalue weighted by molar-refractivity contribution is -0.114. The average Bonchev–Trinajstić information content (AvgIpc) is 3.50. The fraction of sp³-hybridized carbons (Fsp3) is 0.148. The number of thiocarbonyl (C=S) groups is 1. The molecule has 1 fully saturated rings. The smallest absolute Gasteiger partial charge is 0.221 e. The van der Waals surface area contributed by atoms with Crippen molar-refractivity contribution >= 4 is 46.2 Å². The van der Waals surface area contributed by atoms with Crippen molar-refractivity contribution in [1.29, 1.82) is 0 Å². The van der Waals surface area contributed by atoms with E-state index in [4.69, 9.17) is 28.6 Å².